The zero-order valence-electron chi connectivity index (χ0n) is 10.6. The molecule has 1 heterocycles. The van der Waals surface area contributed by atoms with E-state index in [1.54, 1.807) is 12.1 Å². The Morgan fingerprint density at radius 2 is 2.00 bits per heavy atom. The smallest absolute Gasteiger partial charge is 0.201 e. The first-order valence-electron chi connectivity index (χ1n) is 6.54. The molecular weight excluding hydrogens is 229 g/mol. The number of nitrogens with zero attached hydrogens (tertiary/aromatic N) is 2. The topological polar surface area (TPSA) is 43.8 Å². The summed E-state index contributed by atoms with van der Waals surface area (Å²) in [6.07, 6.45) is 5.84. The van der Waals surface area contributed by atoms with E-state index in [9.17, 15) is 4.39 Å². The van der Waals surface area contributed by atoms with Crippen LogP contribution < -0.4 is 5.73 Å². The summed E-state index contributed by atoms with van der Waals surface area (Å²) in [4.78, 5) is 4.35. The molecule has 2 N–H and O–H groups in total. The molecule has 0 spiro atoms. The molecule has 3 nitrogen and oxygen atoms in total. The van der Waals surface area contributed by atoms with Crippen LogP contribution in [0.2, 0.25) is 0 Å². The number of hydrogen-bond donors (Lipinski definition) is 1. The Hall–Kier alpha value is -1.58. The van der Waals surface area contributed by atoms with Crippen LogP contribution in [0.4, 0.5) is 10.3 Å². The number of halogens is 1. The molecule has 0 bridgehead atoms. The Kier molecular flexibility index (Phi) is 2.54. The number of benzene rings is 1. The maximum absolute atomic E-state index is 13.4. The lowest BCUT2D eigenvalue weighted by Gasteiger charge is -2.36. The zero-order valence-corrected chi connectivity index (χ0v) is 10.6. The molecule has 18 heavy (non-hydrogen) atoms. The van der Waals surface area contributed by atoms with Crippen molar-refractivity contribution >= 4 is 17.0 Å². The number of anilines is 1. The lowest BCUT2D eigenvalue weighted by molar-refractivity contribution is 0.228. The number of nitrogen functional groups attached to an aromatic ring is 1. The van der Waals surface area contributed by atoms with Crippen molar-refractivity contribution in [3.05, 3.63) is 24.0 Å². The Morgan fingerprint density at radius 3 is 2.72 bits per heavy atom. The van der Waals surface area contributed by atoms with Crippen LogP contribution in [0, 0.1) is 5.82 Å². The third-order valence-electron chi connectivity index (χ3n) is 4.11. The summed E-state index contributed by atoms with van der Waals surface area (Å²) >= 11 is 0. The SMILES string of the molecule is CC1(n2c(N)nc3ccc(F)cc32)CCCCC1. The molecule has 96 valence electrons. The molecular formula is C14H18FN3. The van der Waals surface area contributed by atoms with Gasteiger partial charge in [0.1, 0.15) is 5.82 Å². The fourth-order valence-electron chi connectivity index (χ4n) is 3.17. The van der Waals surface area contributed by atoms with Gasteiger partial charge in [-0.1, -0.05) is 19.3 Å². The molecule has 1 aromatic carbocycles. The summed E-state index contributed by atoms with van der Waals surface area (Å²) in [5.74, 6) is 0.267. The van der Waals surface area contributed by atoms with Gasteiger partial charge < -0.3 is 10.3 Å². The molecule has 0 radical (unpaired) electrons. The van der Waals surface area contributed by atoms with Gasteiger partial charge in [-0.2, -0.15) is 0 Å². The van der Waals surface area contributed by atoms with Gasteiger partial charge in [0.25, 0.3) is 0 Å². The Labute approximate surface area is 106 Å². The van der Waals surface area contributed by atoms with E-state index in [0.29, 0.717) is 5.95 Å². The van der Waals surface area contributed by atoms with Gasteiger partial charge >= 0.3 is 0 Å². The van der Waals surface area contributed by atoms with Crippen LogP contribution in [0.25, 0.3) is 11.0 Å². The van der Waals surface area contributed by atoms with Crippen LogP contribution in [0.1, 0.15) is 39.0 Å². The van der Waals surface area contributed by atoms with Crippen molar-refractivity contribution in [1.82, 2.24) is 9.55 Å². The lowest BCUT2D eigenvalue weighted by Crippen LogP contribution is -2.33. The zero-order chi connectivity index (χ0) is 12.8. The van der Waals surface area contributed by atoms with Crippen molar-refractivity contribution in [2.75, 3.05) is 5.73 Å². The standard InChI is InChI=1S/C14H18FN3/c1-14(7-3-2-4-8-14)18-12-9-10(15)5-6-11(12)17-13(18)16/h5-6,9H,2-4,7-8H2,1H3,(H2,16,17). The summed E-state index contributed by atoms with van der Waals surface area (Å²) < 4.78 is 15.5. The molecule has 4 heteroatoms. The number of aromatic nitrogens is 2. The van der Waals surface area contributed by atoms with E-state index < -0.39 is 0 Å². The molecule has 0 unspecified atom stereocenters. The fraction of sp³-hybridized carbons (Fsp3) is 0.500. The van der Waals surface area contributed by atoms with Gasteiger partial charge in [-0.25, -0.2) is 9.37 Å². The highest BCUT2D eigenvalue weighted by Gasteiger charge is 2.31. The normalized spacial score (nSPS) is 19.2. The molecule has 1 aromatic heterocycles. The van der Waals surface area contributed by atoms with Crippen LogP contribution in [0.5, 0.6) is 0 Å². The molecule has 1 aliphatic carbocycles. The maximum atomic E-state index is 13.4. The molecule has 1 saturated carbocycles. The van der Waals surface area contributed by atoms with Crippen molar-refractivity contribution < 1.29 is 4.39 Å². The second-order valence-electron chi connectivity index (χ2n) is 5.50. The van der Waals surface area contributed by atoms with Crippen LogP contribution in [0.15, 0.2) is 18.2 Å². The second-order valence-corrected chi connectivity index (χ2v) is 5.50. The van der Waals surface area contributed by atoms with Gasteiger partial charge in [-0.3, -0.25) is 0 Å². The van der Waals surface area contributed by atoms with Crippen molar-refractivity contribution in [3.63, 3.8) is 0 Å². The Balaban J connectivity index is 2.20. The van der Waals surface area contributed by atoms with Gasteiger partial charge in [0.15, 0.2) is 0 Å². The van der Waals surface area contributed by atoms with Crippen molar-refractivity contribution in [2.24, 2.45) is 0 Å². The van der Waals surface area contributed by atoms with Crippen molar-refractivity contribution in [3.8, 4) is 0 Å². The van der Waals surface area contributed by atoms with E-state index in [1.165, 1.54) is 25.3 Å². The Bertz CT molecular complexity index is 582. The van der Waals surface area contributed by atoms with Crippen LogP contribution >= 0.6 is 0 Å². The monoisotopic (exact) mass is 247 g/mol. The quantitative estimate of drug-likeness (QED) is 0.839. The van der Waals surface area contributed by atoms with Gasteiger partial charge in [-0.15, -0.1) is 0 Å². The fourth-order valence-corrected chi connectivity index (χ4v) is 3.17. The number of nitrogens with two attached hydrogens (primary N) is 1. The number of imidazole rings is 1. The third kappa shape index (κ3) is 1.67. The summed E-state index contributed by atoms with van der Waals surface area (Å²) in [5, 5.41) is 0. The van der Waals surface area contributed by atoms with E-state index in [-0.39, 0.29) is 11.4 Å². The first kappa shape index (κ1) is 11.5. The van der Waals surface area contributed by atoms with E-state index in [0.717, 1.165) is 23.9 Å². The molecule has 0 atom stereocenters. The Morgan fingerprint density at radius 1 is 1.28 bits per heavy atom. The summed E-state index contributed by atoms with van der Waals surface area (Å²) in [6, 6.07) is 4.67. The summed E-state index contributed by atoms with van der Waals surface area (Å²) in [6.45, 7) is 2.20. The van der Waals surface area contributed by atoms with Gasteiger partial charge in [0.05, 0.1) is 11.0 Å². The van der Waals surface area contributed by atoms with E-state index >= 15 is 0 Å². The first-order chi connectivity index (χ1) is 8.60. The third-order valence-corrected chi connectivity index (χ3v) is 4.11. The molecule has 1 aliphatic rings. The molecule has 3 rings (SSSR count). The minimum Gasteiger partial charge on any atom is -0.369 e. The molecule has 1 fully saturated rings. The molecule has 0 amide bonds. The molecule has 0 aliphatic heterocycles. The van der Waals surface area contributed by atoms with E-state index in [2.05, 4.69) is 11.9 Å². The predicted octanol–water partition coefficient (Wildman–Crippen LogP) is 3.44. The van der Waals surface area contributed by atoms with Gasteiger partial charge in [-0.05, 0) is 38.0 Å². The lowest BCUT2D eigenvalue weighted by atomic mass is 9.83. The number of rotatable bonds is 1. The summed E-state index contributed by atoms with van der Waals surface area (Å²) in [7, 11) is 0. The van der Waals surface area contributed by atoms with Crippen LogP contribution in [-0.4, -0.2) is 9.55 Å². The second kappa shape index (κ2) is 3.97. The largest absolute Gasteiger partial charge is 0.369 e. The van der Waals surface area contributed by atoms with Gasteiger partial charge in [0.2, 0.25) is 5.95 Å². The van der Waals surface area contributed by atoms with Crippen molar-refractivity contribution in [2.45, 2.75) is 44.6 Å². The van der Waals surface area contributed by atoms with Gasteiger partial charge in [0, 0.05) is 5.54 Å². The number of hydrogen-bond acceptors (Lipinski definition) is 2. The average molecular weight is 247 g/mol. The minimum atomic E-state index is -0.233. The minimum absolute atomic E-state index is 0.0229. The van der Waals surface area contributed by atoms with Crippen LogP contribution in [0.3, 0.4) is 0 Å². The van der Waals surface area contributed by atoms with E-state index in [1.807, 2.05) is 4.57 Å². The molecule has 0 saturated heterocycles. The summed E-state index contributed by atoms with van der Waals surface area (Å²) in [5.41, 5.74) is 7.62. The van der Waals surface area contributed by atoms with Crippen molar-refractivity contribution in [1.29, 1.82) is 0 Å². The first-order valence-corrected chi connectivity index (χ1v) is 6.54. The average Bonchev–Trinajstić information content (AvgIpc) is 2.66. The molecule has 2 aromatic rings. The van der Waals surface area contributed by atoms with E-state index in [4.69, 9.17) is 5.73 Å². The predicted molar refractivity (Wildman–Crippen MR) is 70.8 cm³/mol. The highest BCUT2D eigenvalue weighted by atomic mass is 19.1. The number of fused-ring (bicyclic) bond motifs is 1. The maximum Gasteiger partial charge on any atom is 0.201 e. The van der Waals surface area contributed by atoms with Crippen LogP contribution in [-0.2, 0) is 5.54 Å². The highest BCUT2D eigenvalue weighted by molar-refractivity contribution is 5.78. The highest BCUT2D eigenvalue weighted by Crippen LogP contribution is 2.38.